The number of rotatable bonds is 7. The number of thiophene rings is 1. The zero-order valence-electron chi connectivity index (χ0n) is 13.4. The summed E-state index contributed by atoms with van der Waals surface area (Å²) in [4.78, 5) is 22.7. The number of carbonyl (C=O) groups is 2. The molecule has 5 heteroatoms. The summed E-state index contributed by atoms with van der Waals surface area (Å²) in [5.74, 6) is -0.275. The van der Waals surface area contributed by atoms with Crippen LogP contribution in [0.25, 0.3) is 11.1 Å². The van der Waals surface area contributed by atoms with E-state index in [0.29, 0.717) is 6.54 Å². The number of ether oxygens (including phenoxy) is 1. The maximum absolute atomic E-state index is 11.7. The Hall–Kier alpha value is -2.14. The summed E-state index contributed by atoms with van der Waals surface area (Å²) in [5, 5.41) is 7.05. The summed E-state index contributed by atoms with van der Waals surface area (Å²) in [5.41, 5.74) is 3.60. The zero-order chi connectivity index (χ0) is 16.7. The summed E-state index contributed by atoms with van der Waals surface area (Å²) < 4.78 is 4.52. The minimum atomic E-state index is -0.364. The Bertz CT molecular complexity index is 635. The van der Waals surface area contributed by atoms with E-state index in [0.717, 1.165) is 0 Å². The highest BCUT2D eigenvalue weighted by Crippen LogP contribution is 2.24. The second-order valence-corrected chi connectivity index (χ2v) is 6.20. The third-order valence-corrected chi connectivity index (χ3v) is 4.41. The van der Waals surface area contributed by atoms with E-state index in [9.17, 15) is 9.59 Å². The van der Waals surface area contributed by atoms with Gasteiger partial charge in [0.15, 0.2) is 0 Å². The number of hydrogen-bond donors (Lipinski definition) is 1. The van der Waals surface area contributed by atoms with E-state index in [1.807, 2.05) is 0 Å². The smallest absolute Gasteiger partial charge is 0.306 e. The standard InChI is InChI=1S/C18H21NO3S/c1-13(11-19-17(20)7-8-18(21)22-2)14-3-5-15(6-4-14)16-9-10-23-12-16/h3-6,9-10,12-13H,7-8,11H2,1-2H3,(H,19,20). The van der Waals surface area contributed by atoms with E-state index >= 15 is 0 Å². The third kappa shape index (κ3) is 5.21. The number of amides is 1. The van der Waals surface area contributed by atoms with Crippen LogP contribution in [0.3, 0.4) is 0 Å². The summed E-state index contributed by atoms with van der Waals surface area (Å²) in [7, 11) is 1.32. The summed E-state index contributed by atoms with van der Waals surface area (Å²) in [6, 6.07) is 10.5. The second-order valence-electron chi connectivity index (χ2n) is 5.42. The molecular formula is C18H21NO3S. The lowest BCUT2D eigenvalue weighted by Gasteiger charge is -2.13. The predicted molar refractivity (Wildman–Crippen MR) is 92.4 cm³/mol. The van der Waals surface area contributed by atoms with Crippen LogP contribution in [0.2, 0.25) is 0 Å². The van der Waals surface area contributed by atoms with Crippen LogP contribution in [-0.4, -0.2) is 25.5 Å². The fraction of sp³-hybridized carbons (Fsp3) is 0.333. The number of methoxy groups -OCH3 is 1. The fourth-order valence-electron chi connectivity index (χ4n) is 2.22. The first kappa shape index (κ1) is 17.2. The van der Waals surface area contributed by atoms with Crippen LogP contribution in [0.4, 0.5) is 0 Å². The zero-order valence-corrected chi connectivity index (χ0v) is 14.2. The molecule has 1 N–H and O–H groups in total. The molecule has 1 aromatic carbocycles. The van der Waals surface area contributed by atoms with Crippen molar-refractivity contribution in [3.8, 4) is 11.1 Å². The van der Waals surface area contributed by atoms with Gasteiger partial charge in [-0.15, -0.1) is 0 Å². The number of carbonyl (C=O) groups excluding carboxylic acids is 2. The van der Waals surface area contributed by atoms with Gasteiger partial charge in [-0.05, 0) is 39.4 Å². The molecule has 1 aromatic heterocycles. The van der Waals surface area contributed by atoms with Gasteiger partial charge in [0.05, 0.1) is 13.5 Å². The molecule has 0 spiro atoms. The average molecular weight is 331 g/mol. The van der Waals surface area contributed by atoms with Crippen LogP contribution < -0.4 is 5.32 Å². The highest BCUT2D eigenvalue weighted by atomic mass is 32.1. The first-order valence-corrected chi connectivity index (χ1v) is 8.50. The van der Waals surface area contributed by atoms with E-state index in [2.05, 4.69) is 58.1 Å². The molecule has 23 heavy (non-hydrogen) atoms. The quantitative estimate of drug-likeness (QED) is 0.789. The van der Waals surface area contributed by atoms with Gasteiger partial charge in [0.1, 0.15) is 0 Å². The molecule has 0 saturated carbocycles. The van der Waals surface area contributed by atoms with Gasteiger partial charge >= 0.3 is 5.97 Å². The van der Waals surface area contributed by atoms with Gasteiger partial charge < -0.3 is 10.1 Å². The highest BCUT2D eigenvalue weighted by Gasteiger charge is 2.10. The van der Waals surface area contributed by atoms with Crippen molar-refractivity contribution in [3.05, 3.63) is 46.7 Å². The van der Waals surface area contributed by atoms with E-state index in [-0.39, 0.29) is 30.6 Å². The normalized spacial score (nSPS) is 11.7. The number of benzene rings is 1. The number of nitrogens with one attached hydrogen (secondary N) is 1. The van der Waals surface area contributed by atoms with Crippen molar-refractivity contribution in [2.45, 2.75) is 25.7 Å². The van der Waals surface area contributed by atoms with Crippen LogP contribution in [0.5, 0.6) is 0 Å². The Balaban J connectivity index is 1.82. The van der Waals surface area contributed by atoms with Gasteiger partial charge in [-0.3, -0.25) is 9.59 Å². The minimum absolute atomic E-state index is 0.117. The largest absolute Gasteiger partial charge is 0.469 e. The first-order chi connectivity index (χ1) is 11.1. The molecule has 0 radical (unpaired) electrons. The maximum atomic E-state index is 11.7. The van der Waals surface area contributed by atoms with Crippen LogP contribution >= 0.6 is 11.3 Å². The molecule has 0 fully saturated rings. The maximum Gasteiger partial charge on any atom is 0.306 e. The van der Waals surface area contributed by atoms with Crippen LogP contribution in [0.1, 0.15) is 31.2 Å². The Labute approximate surface area is 140 Å². The van der Waals surface area contributed by atoms with Crippen molar-refractivity contribution in [3.63, 3.8) is 0 Å². The minimum Gasteiger partial charge on any atom is -0.469 e. The molecule has 4 nitrogen and oxygen atoms in total. The molecule has 1 amide bonds. The molecule has 0 aliphatic rings. The Kier molecular flexibility index (Phi) is 6.35. The van der Waals surface area contributed by atoms with Crippen molar-refractivity contribution >= 4 is 23.2 Å². The van der Waals surface area contributed by atoms with Crippen molar-refractivity contribution in [1.82, 2.24) is 5.32 Å². The average Bonchev–Trinajstić information content (AvgIpc) is 3.12. The molecular weight excluding hydrogens is 310 g/mol. The molecule has 2 aromatic rings. The monoisotopic (exact) mass is 331 g/mol. The van der Waals surface area contributed by atoms with Crippen LogP contribution in [0.15, 0.2) is 41.1 Å². The molecule has 0 aliphatic heterocycles. The lowest BCUT2D eigenvalue weighted by molar-refractivity contribution is -0.142. The van der Waals surface area contributed by atoms with Crippen molar-refractivity contribution in [2.24, 2.45) is 0 Å². The summed E-state index contributed by atoms with van der Waals surface area (Å²) >= 11 is 1.68. The second kappa shape index (κ2) is 8.48. The van der Waals surface area contributed by atoms with Gasteiger partial charge in [0, 0.05) is 13.0 Å². The lowest BCUT2D eigenvalue weighted by Crippen LogP contribution is -2.27. The number of esters is 1. The topological polar surface area (TPSA) is 55.4 Å². The SMILES string of the molecule is COC(=O)CCC(=O)NCC(C)c1ccc(-c2ccsc2)cc1. The molecule has 2 rings (SSSR count). The van der Waals surface area contributed by atoms with Gasteiger partial charge in [-0.25, -0.2) is 0 Å². The van der Waals surface area contributed by atoms with Crippen molar-refractivity contribution in [2.75, 3.05) is 13.7 Å². The highest BCUT2D eigenvalue weighted by molar-refractivity contribution is 7.08. The van der Waals surface area contributed by atoms with Gasteiger partial charge in [-0.1, -0.05) is 31.2 Å². The molecule has 0 bridgehead atoms. The van der Waals surface area contributed by atoms with E-state index < -0.39 is 0 Å². The van der Waals surface area contributed by atoms with Crippen LogP contribution in [-0.2, 0) is 14.3 Å². The Morgan fingerprint density at radius 3 is 2.48 bits per heavy atom. The van der Waals surface area contributed by atoms with E-state index in [1.165, 1.54) is 23.8 Å². The van der Waals surface area contributed by atoms with Crippen molar-refractivity contribution in [1.29, 1.82) is 0 Å². The lowest BCUT2D eigenvalue weighted by atomic mass is 9.98. The van der Waals surface area contributed by atoms with Gasteiger partial charge in [-0.2, -0.15) is 11.3 Å². The third-order valence-electron chi connectivity index (χ3n) is 3.72. The predicted octanol–water partition coefficient (Wildman–Crippen LogP) is 3.59. The fourth-order valence-corrected chi connectivity index (χ4v) is 2.89. The summed E-state index contributed by atoms with van der Waals surface area (Å²) in [6.07, 6.45) is 0.280. The molecule has 0 aliphatic carbocycles. The molecule has 1 heterocycles. The van der Waals surface area contributed by atoms with E-state index in [1.54, 1.807) is 11.3 Å². The van der Waals surface area contributed by atoms with E-state index in [4.69, 9.17) is 0 Å². The van der Waals surface area contributed by atoms with Gasteiger partial charge in [0.2, 0.25) is 5.91 Å². The van der Waals surface area contributed by atoms with Crippen molar-refractivity contribution < 1.29 is 14.3 Å². The molecule has 122 valence electrons. The number of hydrogen-bond acceptors (Lipinski definition) is 4. The Morgan fingerprint density at radius 1 is 1.13 bits per heavy atom. The molecule has 1 atom stereocenters. The van der Waals surface area contributed by atoms with Crippen LogP contribution in [0, 0.1) is 0 Å². The van der Waals surface area contributed by atoms with Gasteiger partial charge in [0.25, 0.3) is 0 Å². The molecule has 0 saturated heterocycles. The first-order valence-electron chi connectivity index (χ1n) is 7.56. The summed E-state index contributed by atoms with van der Waals surface area (Å²) in [6.45, 7) is 2.62. The molecule has 1 unspecified atom stereocenters. The Morgan fingerprint density at radius 2 is 1.87 bits per heavy atom.